The molecule has 1 aliphatic heterocycles. The van der Waals surface area contributed by atoms with Crippen LogP contribution in [0.2, 0.25) is 0 Å². The van der Waals surface area contributed by atoms with Crippen molar-refractivity contribution in [3.63, 3.8) is 0 Å². The number of ether oxygens (including phenoxy) is 5. The Morgan fingerprint density at radius 2 is 1.51 bits per heavy atom. The number of hydrogen-bond donors (Lipinski definition) is 3. The highest BCUT2D eigenvalue weighted by atomic mass is 32.2. The number of anilines is 1. The molecule has 1 aromatic carbocycles. The van der Waals surface area contributed by atoms with E-state index in [2.05, 4.69) is 29.5 Å². The quantitative estimate of drug-likeness (QED) is 0.214. The minimum absolute atomic E-state index is 0.120. The van der Waals surface area contributed by atoms with Gasteiger partial charge in [0.15, 0.2) is 5.17 Å². The molecule has 210 valence electrons. The van der Waals surface area contributed by atoms with Crippen molar-refractivity contribution in [3.05, 3.63) is 29.3 Å². The summed E-state index contributed by atoms with van der Waals surface area (Å²) in [6, 6.07) is 5.99. The third-order valence-corrected chi connectivity index (χ3v) is 6.67. The Labute approximate surface area is 225 Å². The number of hydrogen-bond acceptors (Lipinski definition) is 10. The number of nitrogens with one attached hydrogen (secondary N) is 2. The lowest BCUT2D eigenvalue weighted by atomic mass is 10.1. The first-order valence-corrected chi connectivity index (χ1v) is 13.9. The van der Waals surface area contributed by atoms with Gasteiger partial charge in [0.2, 0.25) is 0 Å². The summed E-state index contributed by atoms with van der Waals surface area (Å²) in [4.78, 5) is 17.3. The van der Waals surface area contributed by atoms with Crippen LogP contribution in [0, 0.1) is 6.92 Å². The van der Waals surface area contributed by atoms with E-state index in [0.717, 1.165) is 17.7 Å². The number of amides is 1. The number of aryl methyl sites for hydroxylation is 1. The van der Waals surface area contributed by atoms with Gasteiger partial charge in [-0.1, -0.05) is 25.6 Å². The number of benzene rings is 1. The van der Waals surface area contributed by atoms with E-state index in [1.165, 1.54) is 0 Å². The van der Waals surface area contributed by atoms with Gasteiger partial charge in [0.05, 0.1) is 72.1 Å². The molecule has 2 atom stereocenters. The van der Waals surface area contributed by atoms with Gasteiger partial charge >= 0.3 is 0 Å². The average molecular weight is 541 g/mol. The van der Waals surface area contributed by atoms with E-state index in [9.17, 15) is 4.79 Å². The van der Waals surface area contributed by atoms with E-state index in [-0.39, 0.29) is 11.9 Å². The summed E-state index contributed by atoms with van der Waals surface area (Å²) in [6.07, 6.45) is 0.975. The van der Waals surface area contributed by atoms with Crippen LogP contribution in [0.15, 0.2) is 23.2 Å². The Morgan fingerprint density at radius 1 is 0.946 bits per heavy atom. The minimum Gasteiger partial charge on any atom is -0.383 e. The normalized spacial score (nSPS) is 17.1. The fourth-order valence-corrected chi connectivity index (χ4v) is 4.66. The van der Waals surface area contributed by atoms with Gasteiger partial charge in [-0.05, 0) is 37.1 Å². The van der Waals surface area contributed by atoms with Crippen molar-refractivity contribution in [1.82, 2.24) is 5.32 Å². The minimum atomic E-state index is -0.120. The van der Waals surface area contributed by atoms with Crippen molar-refractivity contribution in [2.45, 2.75) is 38.5 Å². The number of aliphatic imine (C=N–C) groups is 1. The second-order valence-corrected chi connectivity index (χ2v) is 9.86. The van der Waals surface area contributed by atoms with Gasteiger partial charge in [0.1, 0.15) is 0 Å². The summed E-state index contributed by atoms with van der Waals surface area (Å²) in [5.41, 5.74) is 7.84. The van der Waals surface area contributed by atoms with Crippen molar-refractivity contribution in [1.29, 1.82) is 0 Å². The van der Waals surface area contributed by atoms with Crippen LogP contribution in [0.1, 0.15) is 36.2 Å². The third-order valence-electron chi connectivity index (χ3n) is 5.56. The molecule has 1 amide bonds. The highest BCUT2D eigenvalue weighted by Gasteiger charge is 2.26. The molecule has 2 unspecified atom stereocenters. The van der Waals surface area contributed by atoms with E-state index in [1.807, 2.05) is 25.1 Å². The molecule has 1 aromatic rings. The molecular weight excluding hydrogens is 496 g/mol. The number of nitrogens with two attached hydrogens (primary N) is 1. The van der Waals surface area contributed by atoms with Crippen molar-refractivity contribution in [2.24, 2.45) is 10.7 Å². The van der Waals surface area contributed by atoms with Crippen molar-refractivity contribution in [3.8, 4) is 0 Å². The van der Waals surface area contributed by atoms with Gasteiger partial charge in [-0.3, -0.25) is 9.79 Å². The predicted octanol–water partition coefficient (Wildman–Crippen LogP) is 2.45. The summed E-state index contributed by atoms with van der Waals surface area (Å²) in [7, 11) is 0. The molecular formula is C26H44N4O6S. The van der Waals surface area contributed by atoms with E-state index < -0.39 is 0 Å². The summed E-state index contributed by atoms with van der Waals surface area (Å²) in [5.74, 6) is -0.120. The molecule has 0 aromatic heterocycles. The molecule has 0 spiro atoms. The molecule has 10 nitrogen and oxygen atoms in total. The van der Waals surface area contributed by atoms with Gasteiger partial charge < -0.3 is 40.1 Å². The zero-order chi connectivity index (χ0) is 26.7. The van der Waals surface area contributed by atoms with Gasteiger partial charge in [-0.15, -0.1) is 0 Å². The lowest BCUT2D eigenvalue weighted by molar-refractivity contribution is -0.00985. The molecule has 1 heterocycles. The van der Waals surface area contributed by atoms with Crippen molar-refractivity contribution < 1.29 is 28.5 Å². The van der Waals surface area contributed by atoms with Crippen LogP contribution in [-0.2, 0) is 23.7 Å². The Morgan fingerprint density at radius 3 is 2.03 bits per heavy atom. The molecule has 0 saturated heterocycles. The molecule has 0 fully saturated rings. The van der Waals surface area contributed by atoms with Gasteiger partial charge in [-0.25, -0.2) is 0 Å². The molecule has 37 heavy (non-hydrogen) atoms. The Balaban J connectivity index is 1.47. The van der Waals surface area contributed by atoms with Crippen LogP contribution in [0.3, 0.4) is 0 Å². The van der Waals surface area contributed by atoms with Gasteiger partial charge in [0.25, 0.3) is 5.91 Å². The smallest absolute Gasteiger partial charge is 0.257 e. The average Bonchev–Trinajstić information content (AvgIpc) is 3.24. The first-order valence-electron chi connectivity index (χ1n) is 13.0. The Hall–Kier alpha value is -1.73. The van der Waals surface area contributed by atoms with Crippen LogP contribution in [0.5, 0.6) is 0 Å². The van der Waals surface area contributed by atoms with Gasteiger partial charge in [-0.2, -0.15) is 0 Å². The van der Waals surface area contributed by atoms with Crippen LogP contribution in [0.25, 0.3) is 0 Å². The summed E-state index contributed by atoms with van der Waals surface area (Å²) in [5, 5.41) is 7.38. The first-order chi connectivity index (χ1) is 18.0. The fourth-order valence-electron chi connectivity index (χ4n) is 3.55. The molecule has 11 heteroatoms. The molecule has 1 aliphatic rings. The van der Waals surface area contributed by atoms with Crippen LogP contribution in [0.4, 0.5) is 5.69 Å². The molecule has 0 bridgehead atoms. The number of carbonyl (C=O) groups is 1. The van der Waals surface area contributed by atoms with Crippen molar-refractivity contribution in [2.75, 3.05) is 84.5 Å². The fraction of sp³-hybridized carbons (Fsp3) is 0.692. The molecule has 0 saturated carbocycles. The zero-order valence-electron chi connectivity index (χ0n) is 22.5. The Bertz CT molecular complexity index is 813. The Kier molecular flexibility index (Phi) is 16.5. The molecule has 2 rings (SSSR count). The van der Waals surface area contributed by atoms with Crippen molar-refractivity contribution >= 4 is 28.5 Å². The standard InChI is InChI=1S/C26H44N4O6S/c1-4-24-21(3)37-26(29-24)30-25(31)23-6-5-22(19-20(23)2)28-8-10-33-12-14-35-16-18-36-17-15-34-13-11-32-9-7-27/h5-6,19,21,24,28H,4,7-18,27H2,1-3H3,(H,29,30,31). The largest absolute Gasteiger partial charge is 0.383 e. The maximum Gasteiger partial charge on any atom is 0.257 e. The van der Waals surface area contributed by atoms with Crippen LogP contribution < -0.4 is 16.4 Å². The SMILES string of the molecule is CCC1N=C(NC(=O)c2ccc(NCCOCCOCCOCCOCCOCCN)cc2C)SC1C. The maximum absolute atomic E-state index is 12.7. The summed E-state index contributed by atoms with van der Waals surface area (Å²) in [6.45, 7) is 12.7. The monoisotopic (exact) mass is 540 g/mol. The van der Waals surface area contributed by atoms with E-state index in [0.29, 0.717) is 95.1 Å². The van der Waals surface area contributed by atoms with E-state index in [4.69, 9.17) is 29.4 Å². The lowest BCUT2D eigenvalue weighted by Gasteiger charge is -2.11. The second-order valence-electron chi connectivity index (χ2n) is 8.49. The topological polar surface area (TPSA) is 126 Å². The number of amidine groups is 1. The highest BCUT2D eigenvalue weighted by molar-refractivity contribution is 8.14. The zero-order valence-corrected chi connectivity index (χ0v) is 23.3. The van der Waals surface area contributed by atoms with E-state index >= 15 is 0 Å². The van der Waals surface area contributed by atoms with Crippen LogP contribution in [-0.4, -0.2) is 102 Å². The second kappa shape index (κ2) is 19.4. The first kappa shape index (κ1) is 31.5. The number of nitrogens with zero attached hydrogens (tertiary/aromatic N) is 1. The lowest BCUT2D eigenvalue weighted by Crippen LogP contribution is -2.28. The predicted molar refractivity (Wildman–Crippen MR) is 149 cm³/mol. The molecule has 4 N–H and O–H groups in total. The van der Waals surface area contributed by atoms with E-state index in [1.54, 1.807) is 11.8 Å². The number of carbonyl (C=O) groups excluding carboxylic acids is 1. The number of thioether (sulfide) groups is 1. The highest BCUT2D eigenvalue weighted by Crippen LogP contribution is 2.27. The summed E-state index contributed by atoms with van der Waals surface area (Å²) < 4.78 is 27.1. The summed E-state index contributed by atoms with van der Waals surface area (Å²) >= 11 is 1.62. The van der Waals surface area contributed by atoms with Crippen LogP contribution >= 0.6 is 11.8 Å². The maximum atomic E-state index is 12.7. The van der Waals surface area contributed by atoms with Gasteiger partial charge in [0, 0.05) is 29.6 Å². The molecule has 0 radical (unpaired) electrons. The number of rotatable bonds is 20. The molecule has 0 aliphatic carbocycles. The third kappa shape index (κ3) is 13.1.